The van der Waals surface area contributed by atoms with Crippen LogP contribution in [-0.2, 0) is 6.54 Å². The topological polar surface area (TPSA) is 21.3 Å². The molecular weight excluding hydrogens is 205 g/mol. The van der Waals surface area contributed by atoms with Crippen LogP contribution in [0.15, 0.2) is 18.2 Å². The molecule has 16 heavy (non-hydrogen) atoms. The number of ether oxygens (including phenoxy) is 1. The van der Waals surface area contributed by atoms with E-state index in [-0.39, 0.29) is 5.82 Å². The average molecular weight is 223 g/mol. The van der Waals surface area contributed by atoms with E-state index < -0.39 is 0 Å². The minimum atomic E-state index is -0.194. The number of benzene rings is 1. The van der Waals surface area contributed by atoms with Gasteiger partial charge in [-0.05, 0) is 37.9 Å². The van der Waals surface area contributed by atoms with Gasteiger partial charge in [-0.3, -0.25) is 0 Å². The van der Waals surface area contributed by atoms with Gasteiger partial charge < -0.3 is 10.1 Å². The lowest BCUT2D eigenvalue weighted by atomic mass is 9.86. The zero-order valence-electron chi connectivity index (χ0n) is 9.63. The van der Waals surface area contributed by atoms with Gasteiger partial charge in [0.25, 0.3) is 0 Å². The van der Waals surface area contributed by atoms with Crippen molar-refractivity contribution in [2.45, 2.75) is 25.8 Å². The van der Waals surface area contributed by atoms with Crippen molar-refractivity contribution < 1.29 is 9.13 Å². The predicted octanol–water partition coefficient (Wildman–Crippen LogP) is 2.72. The van der Waals surface area contributed by atoms with Crippen LogP contribution in [0.25, 0.3) is 0 Å². The van der Waals surface area contributed by atoms with Crippen molar-refractivity contribution >= 4 is 0 Å². The zero-order chi connectivity index (χ0) is 11.4. The first-order valence-corrected chi connectivity index (χ1v) is 5.86. The second kappa shape index (κ2) is 5.30. The van der Waals surface area contributed by atoms with Crippen molar-refractivity contribution in [3.63, 3.8) is 0 Å². The molecule has 0 heterocycles. The molecule has 0 aliphatic heterocycles. The number of hydrogen-bond acceptors (Lipinski definition) is 2. The molecule has 0 spiro atoms. The Kier molecular flexibility index (Phi) is 3.78. The van der Waals surface area contributed by atoms with Crippen LogP contribution in [0.1, 0.15) is 24.8 Å². The molecule has 1 aliphatic rings. The first-order chi connectivity index (χ1) is 7.81. The van der Waals surface area contributed by atoms with Crippen LogP contribution < -0.4 is 10.1 Å². The third-order valence-corrected chi connectivity index (χ3v) is 3.13. The fraction of sp³-hybridized carbons (Fsp3) is 0.538. The predicted molar refractivity (Wildman–Crippen MR) is 62.0 cm³/mol. The lowest BCUT2D eigenvalue weighted by Gasteiger charge is -2.25. The molecule has 0 saturated heterocycles. The lowest BCUT2D eigenvalue weighted by Crippen LogP contribution is -2.20. The lowest BCUT2D eigenvalue weighted by molar-refractivity contribution is 0.178. The average Bonchev–Trinajstić information content (AvgIpc) is 2.20. The summed E-state index contributed by atoms with van der Waals surface area (Å²) in [4.78, 5) is 0. The molecule has 0 radical (unpaired) electrons. The molecule has 0 amide bonds. The number of hydrogen-bond donors (Lipinski definition) is 1. The highest BCUT2D eigenvalue weighted by atomic mass is 19.1. The van der Waals surface area contributed by atoms with Crippen LogP contribution in [0, 0.1) is 11.7 Å². The summed E-state index contributed by atoms with van der Waals surface area (Å²) in [6.45, 7) is 1.23. The number of halogens is 1. The third-order valence-electron chi connectivity index (χ3n) is 3.13. The van der Waals surface area contributed by atoms with Gasteiger partial charge in [-0.2, -0.15) is 0 Å². The second-order valence-electron chi connectivity index (χ2n) is 4.35. The van der Waals surface area contributed by atoms with E-state index in [1.54, 1.807) is 6.07 Å². The summed E-state index contributed by atoms with van der Waals surface area (Å²) in [6, 6.07) is 5.02. The Bertz CT molecular complexity index is 350. The Labute approximate surface area is 95.8 Å². The Hall–Kier alpha value is -1.09. The van der Waals surface area contributed by atoms with Gasteiger partial charge in [0.2, 0.25) is 0 Å². The molecule has 3 heteroatoms. The fourth-order valence-corrected chi connectivity index (χ4v) is 1.89. The van der Waals surface area contributed by atoms with Crippen molar-refractivity contribution in [2.24, 2.45) is 5.92 Å². The monoisotopic (exact) mass is 223 g/mol. The summed E-state index contributed by atoms with van der Waals surface area (Å²) < 4.78 is 19.2. The van der Waals surface area contributed by atoms with Crippen molar-refractivity contribution in [3.8, 4) is 5.75 Å². The van der Waals surface area contributed by atoms with Crippen molar-refractivity contribution in [1.29, 1.82) is 0 Å². The highest BCUT2D eigenvalue weighted by Crippen LogP contribution is 2.28. The smallest absolute Gasteiger partial charge is 0.131 e. The van der Waals surface area contributed by atoms with Crippen molar-refractivity contribution in [2.75, 3.05) is 13.7 Å². The highest BCUT2D eigenvalue weighted by molar-refractivity contribution is 5.34. The molecule has 2 rings (SSSR count). The SMILES string of the molecule is CNCc1c(F)cccc1OCC1CCC1. The molecule has 0 unspecified atom stereocenters. The molecule has 1 saturated carbocycles. The zero-order valence-corrected chi connectivity index (χ0v) is 9.63. The second-order valence-corrected chi connectivity index (χ2v) is 4.35. The van der Waals surface area contributed by atoms with Gasteiger partial charge in [0.05, 0.1) is 6.61 Å². The summed E-state index contributed by atoms with van der Waals surface area (Å²) >= 11 is 0. The Morgan fingerprint density at radius 2 is 2.25 bits per heavy atom. The van der Waals surface area contributed by atoms with E-state index in [0.29, 0.717) is 23.8 Å². The van der Waals surface area contributed by atoms with E-state index in [4.69, 9.17) is 4.74 Å². The molecule has 2 nitrogen and oxygen atoms in total. The van der Waals surface area contributed by atoms with Gasteiger partial charge in [-0.25, -0.2) is 4.39 Å². The summed E-state index contributed by atoms with van der Waals surface area (Å²) in [5, 5.41) is 2.96. The molecule has 1 aromatic rings. The van der Waals surface area contributed by atoms with Gasteiger partial charge in [0, 0.05) is 12.1 Å². The maximum Gasteiger partial charge on any atom is 0.131 e. The fourth-order valence-electron chi connectivity index (χ4n) is 1.89. The van der Waals surface area contributed by atoms with Gasteiger partial charge in [0.1, 0.15) is 11.6 Å². The van der Waals surface area contributed by atoms with Crippen LogP contribution in [0.3, 0.4) is 0 Å². The maximum absolute atomic E-state index is 13.5. The summed E-state index contributed by atoms with van der Waals surface area (Å²) in [6.07, 6.45) is 3.80. The minimum absolute atomic E-state index is 0.194. The van der Waals surface area contributed by atoms with E-state index in [1.165, 1.54) is 25.3 Å². The molecule has 0 aromatic heterocycles. The van der Waals surface area contributed by atoms with Crippen LogP contribution in [0.5, 0.6) is 5.75 Å². The Morgan fingerprint density at radius 3 is 2.88 bits per heavy atom. The van der Waals surface area contributed by atoms with E-state index in [9.17, 15) is 4.39 Å². The van der Waals surface area contributed by atoms with Gasteiger partial charge in [0.15, 0.2) is 0 Å². The number of nitrogens with one attached hydrogen (secondary N) is 1. The molecular formula is C13H18FNO. The van der Waals surface area contributed by atoms with Crippen LogP contribution in [0.2, 0.25) is 0 Å². The first-order valence-electron chi connectivity index (χ1n) is 5.86. The maximum atomic E-state index is 13.5. The minimum Gasteiger partial charge on any atom is -0.493 e. The summed E-state index contributed by atoms with van der Waals surface area (Å²) in [5.41, 5.74) is 0.629. The Balaban J connectivity index is 2.02. The third kappa shape index (κ3) is 2.53. The largest absolute Gasteiger partial charge is 0.493 e. The van der Waals surface area contributed by atoms with E-state index in [1.807, 2.05) is 13.1 Å². The normalized spacial score (nSPS) is 15.9. The highest BCUT2D eigenvalue weighted by Gasteiger charge is 2.18. The molecule has 0 atom stereocenters. The van der Waals surface area contributed by atoms with Crippen LogP contribution in [0.4, 0.5) is 4.39 Å². The van der Waals surface area contributed by atoms with Crippen LogP contribution >= 0.6 is 0 Å². The quantitative estimate of drug-likeness (QED) is 0.828. The van der Waals surface area contributed by atoms with E-state index in [0.717, 1.165) is 6.61 Å². The molecule has 0 bridgehead atoms. The summed E-state index contributed by atoms with van der Waals surface area (Å²) in [5.74, 6) is 1.16. The van der Waals surface area contributed by atoms with E-state index in [2.05, 4.69) is 5.32 Å². The van der Waals surface area contributed by atoms with Gasteiger partial charge in [-0.15, -0.1) is 0 Å². The van der Waals surface area contributed by atoms with Crippen molar-refractivity contribution in [1.82, 2.24) is 5.32 Å². The van der Waals surface area contributed by atoms with E-state index >= 15 is 0 Å². The van der Waals surface area contributed by atoms with Gasteiger partial charge in [-0.1, -0.05) is 12.5 Å². The molecule has 1 aromatic carbocycles. The molecule has 88 valence electrons. The molecule has 1 aliphatic carbocycles. The van der Waals surface area contributed by atoms with Gasteiger partial charge >= 0.3 is 0 Å². The van der Waals surface area contributed by atoms with Crippen LogP contribution in [-0.4, -0.2) is 13.7 Å². The Morgan fingerprint density at radius 1 is 1.44 bits per heavy atom. The van der Waals surface area contributed by atoms with Crippen molar-refractivity contribution in [3.05, 3.63) is 29.6 Å². The molecule has 1 fully saturated rings. The first kappa shape index (κ1) is 11.4. The molecule has 1 N–H and O–H groups in total. The standard InChI is InChI=1S/C13H18FNO/c1-15-8-11-12(14)6-3-7-13(11)16-9-10-4-2-5-10/h3,6-7,10,15H,2,4-5,8-9H2,1H3. The summed E-state index contributed by atoms with van der Waals surface area (Å²) in [7, 11) is 1.81. The number of rotatable bonds is 5.